The first-order valence-corrected chi connectivity index (χ1v) is 6.35. The van der Waals surface area contributed by atoms with Gasteiger partial charge in [-0.05, 0) is 31.4 Å². The summed E-state index contributed by atoms with van der Waals surface area (Å²) >= 11 is 0. The van der Waals surface area contributed by atoms with Crippen molar-refractivity contribution in [2.75, 3.05) is 0 Å². The summed E-state index contributed by atoms with van der Waals surface area (Å²) in [4.78, 5) is 29.6. The van der Waals surface area contributed by atoms with Crippen LogP contribution in [0, 0.1) is 10.1 Å². The number of carbonyl (C=O) groups is 2. The van der Waals surface area contributed by atoms with Crippen molar-refractivity contribution >= 4 is 18.0 Å². The number of carboxylic acid groups (broad SMARTS) is 2. The monoisotopic (exact) mass is 313 g/mol. The summed E-state index contributed by atoms with van der Waals surface area (Å²) in [6.07, 6.45) is 0.00783. The van der Waals surface area contributed by atoms with Gasteiger partial charge in [-0.15, -0.1) is 0 Å². The predicted molar refractivity (Wildman–Crippen MR) is 73.1 cm³/mol. The topological polar surface area (TPSA) is 136 Å². The van der Waals surface area contributed by atoms with Crippen LogP contribution in [-0.4, -0.2) is 33.0 Å². The highest BCUT2D eigenvalue weighted by molar-refractivity contribution is 5.61. The summed E-state index contributed by atoms with van der Waals surface area (Å²) in [6, 6.07) is 4.76. The average molecular weight is 313 g/mol. The Bertz CT molecular complexity index is 550. The standard InChI is InChI=1S/C7H5NO5.C6H10O3/c9-7(10)13-6-3-1-5(2-4-6)8(11)12;1-2-6(3-4-6)9-5(7)8/h1-4H,(H,9,10);2-4H2,1H3,(H,7,8). The number of hydrogen-bond donors (Lipinski definition) is 2. The molecular formula is C13H15NO8. The minimum Gasteiger partial charge on any atom is -0.450 e. The van der Waals surface area contributed by atoms with Crippen molar-refractivity contribution in [3.63, 3.8) is 0 Å². The second-order valence-electron chi connectivity index (χ2n) is 4.52. The highest BCUT2D eigenvalue weighted by Gasteiger charge is 2.45. The maximum Gasteiger partial charge on any atom is 0.511 e. The van der Waals surface area contributed by atoms with Gasteiger partial charge in [-0.1, -0.05) is 6.92 Å². The van der Waals surface area contributed by atoms with Gasteiger partial charge in [-0.2, -0.15) is 0 Å². The van der Waals surface area contributed by atoms with Crippen LogP contribution in [0.25, 0.3) is 0 Å². The molecule has 1 aromatic carbocycles. The van der Waals surface area contributed by atoms with Gasteiger partial charge in [-0.25, -0.2) is 9.59 Å². The molecule has 0 amide bonds. The maximum absolute atomic E-state index is 10.2. The van der Waals surface area contributed by atoms with E-state index >= 15 is 0 Å². The Balaban J connectivity index is 0.000000235. The largest absolute Gasteiger partial charge is 0.511 e. The number of rotatable bonds is 4. The third-order valence-corrected chi connectivity index (χ3v) is 3.01. The Morgan fingerprint density at radius 3 is 2.05 bits per heavy atom. The van der Waals surface area contributed by atoms with Crippen molar-refractivity contribution in [2.24, 2.45) is 0 Å². The van der Waals surface area contributed by atoms with Crippen LogP contribution in [0.15, 0.2) is 24.3 Å². The number of hydrogen-bond acceptors (Lipinski definition) is 6. The van der Waals surface area contributed by atoms with Crippen LogP contribution in [-0.2, 0) is 4.74 Å². The van der Waals surface area contributed by atoms with E-state index in [0.717, 1.165) is 31.4 Å². The fraction of sp³-hybridized carbons (Fsp3) is 0.385. The Labute approximate surface area is 125 Å². The lowest BCUT2D eigenvalue weighted by atomic mass is 10.3. The molecule has 0 heterocycles. The normalized spacial score (nSPS) is 14.0. The van der Waals surface area contributed by atoms with Gasteiger partial charge in [-0.3, -0.25) is 10.1 Å². The third kappa shape index (κ3) is 5.65. The predicted octanol–water partition coefficient (Wildman–Crippen LogP) is 3.28. The molecule has 0 aliphatic heterocycles. The van der Waals surface area contributed by atoms with E-state index in [4.69, 9.17) is 10.2 Å². The van der Waals surface area contributed by atoms with Gasteiger partial charge in [0.15, 0.2) is 0 Å². The van der Waals surface area contributed by atoms with Crippen molar-refractivity contribution in [1.82, 2.24) is 0 Å². The van der Waals surface area contributed by atoms with E-state index in [1.54, 1.807) is 0 Å². The molecule has 1 saturated carbocycles. The molecule has 9 nitrogen and oxygen atoms in total. The van der Waals surface area contributed by atoms with Crippen LogP contribution in [0.4, 0.5) is 15.3 Å². The summed E-state index contributed by atoms with van der Waals surface area (Å²) in [5, 5.41) is 26.6. The molecule has 1 aliphatic rings. The smallest absolute Gasteiger partial charge is 0.450 e. The molecule has 2 N–H and O–H groups in total. The van der Waals surface area contributed by atoms with Crippen molar-refractivity contribution in [3.8, 4) is 5.75 Å². The van der Waals surface area contributed by atoms with Crippen molar-refractivity contribution < 1.29 is 34.2 Å². The Hall–Kier alpha value is -2.84. The molecule has 0 aromatic heterocycles. The van der Waals surface area contributed by atoms with E-state index in [-0.39, 0.29) is 17.0 Å². The first-order chi connectivity index (χ1) is 10.3. The molecule has 0 bridgehead atoms. The zero-order valence-electron chi connectivity index (χ0n) is 11.7. The Morgan fingerprint density at radius 2 is 1.77 bits per heavy atom. The van der Waals surface area contributed by atoms with Gasteiger partial charge in [0.25, 0.3) is 5.69 Å². The number of non-ortho nitro benzene ring substituents is 1. The quantitative estimate of drug-likeness (QED) is 0.374. The molecule has 2 rings (SSSR count). The molecule has 22 heavy (non-hydrogen) atoms. The lowest BCUT2D eigenvalue weighted by molar-refractivity contribution is -0.384. The zero-order chi connectivity index (χ0) is 16.8. The number of nitro groups is 1. The van der Waals surface area contributed by atoms with E-state index in [0.29, 0.717) is 0 Å². The number of nitro benzene ring substituents is 1. The lowest BCUT2D eigenvalue weighted by Gasteiger charge is -2.09. The molecule has 9 heteroatoms. The molecular weight excluding hydrogens is 298 g/mol. The molecule has 0 spiro atoms. The average Bonchev–Trinajstić information content (AvgIpc) is 3.19. The first-order valence-electron chi connectivity index (χ1n) is 6.35. The summed E-state index contributed by atoms with van der Waals surface area (Å²) < 4.78 is 8.86. The molecule has 0 unspecified atom stereocenters. The van der Waals surface area contributed by atoms with Crippen molar-refractivity contribution in [2.45, 2.75) is 31.8 Å². The van der Waals surface area contributed by atoms with Gasteiger partial charge in [0.1, 0.15) is 11.4 Å². The highest BCUT2D eigenvalue weighted by atomic mass is 16.7. The van der Waals surface area contributed by atoms with E-state index in [1.807, 2.05) is 6.92 Å². The van der Waals surface area contributed by atoms with Crippen LogP contribution in [0.3, 0.4) is 0 Å². The number of nitrogens with zero attached hydrogens (tertiary/aromatic N) is 1. The third-order valence-electron chi connectivity index (χ3n) is 3.01. The summed E-state index contributed by atoms with van der Waals surface area (Å²) in [5.74, 6) is 0.0538. The zero-order valence-corrected chi connectivity index (χ0v) is 11.7. The molecule has 1 aromatic rings. The fourth-order valence-corrected chi connectivity index (χ4v) is 1.59. The summed E-state index contributed by atoms with van der Waals surface area (Å²) in [6.45, 7) is 1.94. The van der Waals surface area contributed by atoms with Crippen molar-refractivity contribution in [3.05, 3.63) is 34.4 Å². The van der Waals surface area contributed by atoms with Gasteiger partial charge in [0, 0.05) is 12.1 Å². The lowest BCUT2D eigenvalue weighted by Crippen LogP contribution is -2.16. The first kappa shape index (κ1) is 17.2. The van der Waals surface area contributed by atoms with Crippen LogP contribution in [0.1, 0.15) is 26.2 Å². The van der Waals surface area contributed by atoms with Crippen LogP contribution >= 0.6 is 0 Å². The van der Waals surface area contributed by atoms with Crippen molar-refractivity contribution in [1.29, 1.82) is 0 Å². The van der Waals surface area contributed by atoms with Crippen LogP contribution in [0.5, 0.6) is 5.75 Å². The fourth-order valence-electron chi connectivity index (χ4n) is 1.59. The van der Waals surface area contributed by atoms with E-state index < -0.39 is 17.2 Å². The SMILES string of the molecule is CCC1(OC(=O)O)CC1.O=C(O)Oc1ccc([N+](=O)[O-])cc1. The number of benzene rings is 1. The van der Waals surface area contributed by atoms with Gasteiger partial charge in [0.05, 0.1) is 4.92 Å². The van der Waals surface area contributed by atoms with Crippen LogP contribution in [0.2, 0.25) is 0 Å². The molecule has 0 atom stereocenters. The molecule has 0 radical (unpaired) electrons. The second-order valence-corrected chi connectivity index (χ2v) is 4.52. The molecule has 1 fully saturated rings. The maximum atomic E-state index is 10.2. The van der Waals surface area contributed by atoms with E-state index in [9.17, 15) is 19.7 Å². The molecule has 120 valence electrons. The minimum atomic E-state index is -1.45. The minimum absolute atomic E-state index is 0.0538. The summed E-state index contributed by atoms with van der Waals surface area (Å²) in [7, 11) is 0. The van der Waals surface area contributed by atoms with Gasteiger partial charge >= 0.3 is 12.3 Å². The number of ether oxygens (including phenoxy) is 2. The van der Waals surface area contributed by atoms with Gasteiger partial charge < -0.3 is 19.7 Å². The molecule has 0 saturated heterocycles. The Morgan fingerprint density at radius 1 is 1.23 bits per heavy atom. The summed E-state index contributed by atoms with van der Waals surface area (Å²) in [5.41, 5.74) is -0.399. The van der Waals surface area contributed by atoms with Crippen LogP contribution < -0.4 is 4.74 Å². The van der Waals surface area contributed by atoms with E-state index in [2.05, 4.69) is 9.47 Å². The van der Waals surface area contributed by atoms with Gasteiger partial charge in [0.2, 0.25) is 0 Å². The Kier molecular flexibility index (Phi) is 5.67. The second kappa shape index (κ2) is 7.25. The molecule has 1 aliphatic carbocycles. The van der Waals surface area contributed by atoms with E-state index in [1.165, 1.54) is 12.1 Å². The highest BCUT2D eigenvalue weighted by Crippen LogP contribution is 2.42.